The van der Waals surface area contributed by atoms with Gasteiger partial charge in [0.15, 0.2) is 12.2 Å². The van der Waals surface area contributed by atoms with Crippen molar-refractivity contribution in [2.75, 3.05) is 39.6 Å². The minimum Gasteiger partial charge on any atom is -0.462 e. The molecule has 0 aliphatic carbocycles. The molecule has 0 spiro atoms. The average Bonchev–Trinajstić information content (AvgIpc) is 0.920. The number of phosphoric acid groups is 2. The molecule has 0 heterocycles. The molecule has 19 heteroatoms. The van der Waals surface area contributed by atoms with Crippen LogP contribution in [0.25, 0.3) is 0 Å². The van der Waals surface area contributed by atoms with Gasteiger partial charge in [0.25, 0.3) is 0 Å². The van der Waals surface area contributed by atoms with E-state index in [9.17, 15) is 43.2 Å². The zero-order chi connectivity index (χ0) is 73.7. The van der Waals surface area contributed by atoms with E-state index in [-0.39, 0.29) is 25.7 Å². The van der Waals surface area contributed by atoms with Crippen molar-refractivity contribution in [3.05, 3.63) is 0 Å². The number of unbranched alkanes of at least 4 members (excludes halogenated alkanes) is 45. The molecule has 0 amide bonds. The molecule has 0 saturated heterocycles. The number of carbonyl (C=O) groups is 4. The van der Waals surface area contributed by atoms with Crippen molar-refractivity contribution in [2.24, 2.45) is 17.8 Å². The van der Waals surface area contributed by atoms with Gasteiger partial charge in [-0.15, -0.1) is 0 Å². The number of hydrogen-bond acceptors (Lipinski definition) is 15. The van der Waals surface area contributed by atoms with Crippen LogP contribution in [0.5, 0.6) is 0 Å². The van der Waals surface area contributed by atoms with E-state index in [0.29, 0.717) is 25.7 Å². The normalized spacial score (nSPS) is 14.5. The van der Waals surface area contributed by atoms with E-state index < -0.39 is 97.5 Å². The van der Waals surface area contributed by atoms with E-state index in [1.54, 1.807) is 0 Å². The predicted octanol–water partition coefficient (Wildman–Crippen LogP) is 24.1. The number of phosphoric ester groups is 2. The molecule has 0 aliphatic rings. The Morgan fingerprint density at radius 2 is 0.510 bits per heavy atom. The van der Waals surface area contributed by atoms with Gasteiger partial charge in [0.1, 0.15) is 19.3 Å². The first-order chi connectivity index (χ1) is 48.3. The standard InChI is InChI=1S/C81H158O17P2/c1-8-11-12-13-14-31-41-48-55-62-78(83)91-68-77(98-81(86)65-58-51-44-37-36-40-47-54-61-74(7)10-3)71-96-100(89,90)94-67-75(82)66-93-99(87,88)95-70-76(69-92-79(84)63-56-49-42-34-29-25-22-21-24-28-33-39-46-53-60-73(6)9-2)97-80(85)64-57-50-43-35-30-26-20-18-16-15-17-19-23-27-32-38-45-52-59-72(4)5/h72-77,82H,8-71H2,1-7H3,(H,87,88)(H,89,90)/t73?,74?,75-,76-,77-/m1/s1. The third-order valence-corrected chi connectivity index (χ3v) is 21.5. The largest absolute Gasteiger partial charge is 0.472 e. The Morgan fingerprint density at radius 3 is 0.760 bits per heavy atom. The number of esters is 4. The molecule has 0 radical (unpaired) electrons. The second kappa shape index (κ2) is 71.3. The van der Waals surface area contributed by atoms with E-state index in [1.165, 1.54) is 231 Å². The Balaban J connectivity index is 5.21. The van der Waals surface area contributed by atoms with Crippen molar-refractivity contribution in [3.8, 4) is 0 Å². The first kappa shape index (κ1) is 98.1. The molecule has 0 rings (SSSR count). The molecule has 100 heavy (non-hydrogen) atoms. The molecule has 4 unspecified atom stereocenters. The molecule has 0 aliphatic heterocycles. The highest BCUT2D eigenvalue weighted by Gasteiger charge is 2.30. The van der Waals surface area contributed by atoms with Crippen LogP contribution in [0.1, 0.15) is 421 Å². The van der Waals surface area contributed by atoms with Gasteiger partial charge in [0.05, 0.1) is 26.4 Å². The summed E-state index contributed by atoms with van der Waals surface area (Å²) in [6.07, 6.45) is 59.6. The smallest absolute Gasteiger partial charge is 0.462 e. The van der Waals surface area contributed by atoms with E-state index in [0.717, 1.165) is 108 Å². The SMILES string of the molecule is CCCCCCCCCCCC(=O)OC[C@H](COP(=O)(O)OC[C@H](O)COP(=O)(O)OC[C@@H](COC(=O)CCCCCCCCCCCCCCCCC(C)CC)OC(=O)CCCCCCCCCCCCCCCCCCCCC(C)C)OC(=O)CCCCCCCCCCC(C)CC. The highest BCUT2D eigenvalue weighted by atomic mass is 31.2. The molecule has 3 N–H and O–H groups in total. The van der Waals surface area contributed by atoms with Gasteiger partial charge in [-0.05, 0) is 43.4 Å². The quantitative estimate of drug-likeness (QED) is 0.0222. The minimum absolute atomic E-state index is 0.105. The van der Waals surface area contributed by atoms with Crippen LogP contribution < -0.4 is 0 Å². The monoisotopic (exact) mass is 1470 g/mol. The second-order valence-corrected chi connectivity index (χ2v) is 33.0. The van der Waals surface area contributed by atoms with Crippen molar-refractivity contribution in [1.29, 1.82) is 0 Å². The molecular formula is C81H158O17P2. The summed E-state index contributed by atoms with van der Waals surface area (Å²) >= 11 is 0. The number of aliphatic hydroxyl groups excluding tert-OH is 1. The first-order valence-electron chi connectivity index (χ1n) is 41.9. The number of hydrogen-bond donors (Lipinski definition) is 3. The Bertz CT molecular complexity index is 1940. The summed E-state index contributed by atoms with van der Waals surface area (Å²) in [6, 6.07) is 0. The number of rotatable bonds is 79. The fourth-order valence-electron chi connectivity index (χ4n) is 12.4. The fraction of sp³-hybridized carbons (Fsp3) is 0.951. The maximum atomic E-state index is 13.1. The average molecular weight is 1470 g/mol. The van der Waals surface area contributed by atoms with E-state index in [2.05, 4.69) is 48.5 Å². The van der Waals surface area contributed by atoms with Crippen LogP contribution in [0.2, 0.25) is 0 Å². The molecule has 594 valence electrons. The summed E-state index contributed by atoms with van der Waals surface area (Å²) in [5, 5.41) is 10.6. The van der Waals surface area contributed by atoms with Crippen molar-refractivity contribution in [2.45, 2.75) is 439 Å². The Labute approximate surface area is 613 Å². The summed E-state index contributed by atoms with van der Waals surface area (Å²) in [6.45, 7) is 12.0. The summed E-state index contributed by atoms with van der Waals surface area (Å²) in [7, 11) is -9.92. The van der Waals surface area contributed by atoms with E-state index in [4.69, 9.17) is 37.0 Å². The zero-order valence-corrected chi connectivity index (χ0v) is 67.5. The van der Waals surface area contributed by atoms with Crippen LogP contribution in [0.15, 0.2) is 0 Å². The maximum absolute atomic E-state index is 13.1. The van der Waals surface area contributed by atoms with Gasteiger partial charge < -0.3 is 33.8 Å². The lowest BCUT2D eigenvalue weighted by molar-refractivity contribution is -0.161. The van der Waals surface area contributed by atoms with Crippen LogP contribution >= 0.6 is 15.6 Å². The Kier molecular flexibility index (Phi) is 69.9. The van der Waals surface area contributed by atoms with Crippen molar-refractivity contribution in [3.63, 3.8) is 0 Å². The summed E-state index contributed by atoms with van der Waals surface area (Å²) in [5.74, 6) is 0.326. The summed E-state index contributed by atoms with van der Waals surface area (Å²) < 4.78 is 68.6. The van der Waals surface area contributed by atoms with Crippen LogP contribution in [-0.2, 0) is 65.4 Å². The minimum atomic E-state index is -4.96. The number of carbonyl (C=O) groups excluding carboxylic acids is 4. The second-order valence-electron chi connectivity index (χ2n) is 30.1. The Hall–Kier alpha value is -1.94. The van der Waals surface area contributed by atoms with Gasteiger partial charge in [0, 0.05) is 25.7 Å². The van der Waals surface area contributed by atoms with Crippen LogP contribution in [-0.4, -0.2) is 96.7 Å². The van der Waals surface area contributed by atoms with Gasteiger partial charge in [-0.3, -0.25) is 37.3 Å². The summed E-state index contributed by atoms with van der Waals surface area (Å²) in [4.78, 5) is 72.9. The predicted molar refractivity (Wildman–Crippen MR) is 409 cm³/mol. The highest BCUT2D eigenvalue weighted by Crippen LogP contribution is 2.45. The third kappa shape index (κ3) is 71.7. The molecule has 7 atom stereocenters. The van der Waals surface area contributed by atoms with E-state index >= 15 is 0 Å². The molecule has 0 aromatic carbocycles. The molecular weight excluding hydrogens is 1310 g/mol. The number of ether oxygens (including phenoxy) is 4. The molecule has 0 fully saturated rings. The van der Waals surface area contributed by atoms with Crippen molar-refractivity contribution < 1.29 is 80.2 Å². The molecule has 0 bridgehead atoms. The van der Waals surface area contributed by atoms with Gasteiger partial charge >= 0.3 is 39.5 Å². The zero-order valence-electron chi connectivity index (χ0n) is 65.7. The molecule has 17 nitrogen and oxygen atoms in total. The molecule has 0 saturated carbocycles. The van der Waals surface area contributed by atoms with Crippen LogP contribution in [0.4, 0.5) is 0 Å². The lowest BCUT2D eigenvalue weighted by Crippen LogP contribution is -2.30. The molecule has 0 aromatic heterocycles. The third-order valence-electron chi connectivity index (χ3n) is 19.6. The fourth-order valence-corrected chi connectivity index (χ4v) is 14.0. The van der Waals surface area contributed by atoms with Gasteiger partial charge in [0.2, 0.25) is 0 Å². The lowest BCUT2D eigenvalue weighted by atomic mass is 9.99. The molecule has 0 aromatic rings. The lowest BCUT2D eigenvalue weighted by Gasteiger charge is -2.21. The maximum Gasteiger partial charge on any atom is 0.472 e. The van der Waals surface area contributed by atoms with Gasteiger partial charge in [-0.25, -0.2) is 9.13 Å². The van der Waals surface area contributed by atoms with Crippen LogP contribution in [0, 0.1) is 17.8 Å². The first-order valence-corrected chi connectivity index (χ1v) is 44.9. The van der Waals surface area contributed by atoms with Gasteiger partial charge in [-0.1, -0.05) is 370 Å². The van der Waals surface area contributed by atoms with Crippen molar-refractivity contribution >= 4 is 39.5 Å². The number of aliphatic hydroxyl groups is 1. The summed E-state index contributed by atoms with van der Waals surface area (Å²) in [5.41, 5.74) is 0. The van der Waals surface area contributed by atoms with E-state index in [1.807, 2.05) is 0 Å². The highest BCUT2D eigenvalue weighted by molar-refractivity contribution is 7.47. The topological polar surface area (TPSA) is 237 Å². The van der Waals surface area contributed by atoms with Crippen molar-refractivity contribution in [1.82, 2.24) is 0 Å². The van der Waals surface area contributed by atoms with Crippen LogP contribution in [0.3, 0.4) is 0 Å². The Morgan fingerprint density at radius 1 is 0.290 bits per heavy atom. The van der Waals surface area contributed by atoms with Gasteiger partial charge in [-0.2, -0.15) is 0 Å².